The standard InChI is InChI=1S/C12H16N4OS/c1-3-17-11-5-4-10(8-9(11)2)6-7-13-12-14-15-16-18-12/h4-5,8H,3,6-7H2,1-2H3,(H,13,14,16). The van der Waals surface area contributed by atoms with Gasteiger partial charge >= 0.3 is 0 Å². The van der Waals surface area contributed by atoms with E-state index in [0.717, 1.165) is 23.8 Å². The van der Waals surface area contributed by atoms with Gasteiger partial charge in [-0.3, -0.25) is 0 Å². The van der Waals surface area contributed by atoms with Crippen molar-refractivity contribution in [2.24, 2.45) is 0 Å². The molecule has 2 rings (SSSR count). The van der Waals surface area contributed by atoms with Crippen LogP contribution in [0.15, 0.2) is 18.2 Å². The van der Waals surface area contributed by atoms with Gasteiger partial charge < -0.3 is 10.1 Å². The van der Waals surface area contributed by atoms with Crippen LogP contribution >= 0.6 is 11.5 Å². The Morgan fingerprint density at radius 3 is 2.94 bits per heavy atom. The lowest BCUT2D eigenvalue weighted by Gasteiger charge is -2.09. The second kappa shape index (κ2) is 6.30. The average molecular weight is 264 g/mol. The van der Waals surface area contributed by atoms with E-state index in [4.69, 9.17) is 4.74 Å². The molecule has 0 aliphatic rings. The first-order valence-electron chi connectivity index (χ1n) is 5.91. The van der Waals surface area contributed by atoms with Gasteiger partial charge in [0.25, 0.3) is 0 Å². The Hall–Kier alpha value is -1.69. The van der Waals surface area contributed by atoms with Crippen molar-refractivity contribution in [1.82, 2.24) is 14.8 Å². The Morgan fingerprint density at radius 2 is 2.28 bits per heavy atom. The van der Waals surface area contributed by atoms with Crippen LogP contribution in [0.5, 0.6) is 5.75 Å². The molecule has 18 heavy (non-hydrogen) atoms. The number of aryl methyl sites for hydroxylation is 1. The summed E-state index contributed by atoms with van der Waals surface area (Å²) in [5, 5.41) is 11.3. The number of benzene rings is 1. The van der Waals surface area contributed by atoms with Gasteiger partial charge in [-0.1, -0.05) is 21.7 Å². The van der Waals surface area contributed by atoms with E-state index in [1.54, 1.807) is 0 Å². The zero-order valence-electron chi connectivity index (χ0n) is 10.5. The van der Waals surface area contributed by atoms with E-state index in [1.807, 2.05) is 13.0 Å². The molecule has 0 unspecified atom stereocenters. The van der Waals surface area contributed by atoms with E-state index < -0.39 is 0 Å². The van der Waals surface area contributed by atoms with Gasteiger partial charge in [-0.25, -0.2) is 0 Å². The van der Waals surface area contributed by atoms with Crippen molar-refractivity contribution in [3.8, 4) is 5.75 Å². The minimum absolute atomic E-state index is 0.700. The second-order valence-electron chi connectivity index (χ2n) is 3.88. The van der Waals surface area contributed by atoms with Gasteiger partial charge in [0.2, 0.25) is 5.13 Å². The first kappa shape index (κ1) is 12.8. The van der Waals surface area contributed by atoms with Gasteiger partial charge in [-0.2, -0.15) is 0 Å². The van der Waals surface area contributed by atoms with E-state index in [0.29, 0.717) is 6.61 Å². The Morgan fingerprint density at radius 1 is 1.39 bits per heavy atom. The summed E-state index contributed by atoms with van der Waals surface area (Å²) in [6, 6.07) is 6.28. The quantitative estimate of drug-likeness (QED) is 0.867. The Labute approximate surface area is 110 Å². The highest BCUT2D eigenvalue weighted by molar-refractivity contribution is 7.09. The molecule has 0 aliphatic heterocycles. The SMILES string of the molecule is CCOc1ccc(CCNc2nnns2)cc1C. The molecule has 5 nitrogen and oxygen atoms in total. The van der Waals surface area contributed by atoms with E-state index in [9.17, 15) is 0 Å². The fourth-order valence-corrected chi connectivity index (χ4v) is 2.09. The van der Waals surface area contributed by atoms with Gasteiger partial charge in [-0.15, -0.1) is 0 Å². The number of aromatic nitrogens is 3. The number of nitrogens with one attached hydrogen (secondary N) is 1. The van der Waals surface area contributed by atoms with Gasteiger partial charge in [0, 0.05) is 18.1 Å². The molecule has 0 spiro atoms. The number of ether oxygens (including phenoxy) is 1. The normalized spacial score (nSPS) is 10.3. The zero-order valence-corrected chi connectivity index (χ0v) is 11.3. The summed E-state index contributed by atoms with van der Waals surface area (Å²) in [5.74, 6) is 0.961. The first-order chi connectivity index (χ1) is 8.79. The molecule has 96 valence electrons. The van der Waals surface area contributed by atoms with Crippen LogP contribution in [0.2, 0.25) is 0 Å². The predicted molar refractivity (Wildman–Crippen MR) is 72.2 cm³/mol. The van der Waals surface area contributed by atoms with Crippen molar-refractivity contribution in [2.75, 3.05) is 18.5 Å². The third kappa shape index (κ3) is 3.40. The van der Waals surface area contributed by atoms with Gasteiger partial charge in [0.05, 0.1) is 6.61 Å². The van der Waals surface area contributed by atoms with Crippen LogP contribution in [-0.4, -0.2) is 28.0 Å². The molecule has 0 amide bonds. The Kier molecular flexibility index (Phi) is 4.46. The molecule has 0 saturated heterocycles. The van der Waals surface area contributed by atoms with Crippen molar-refractivity contribution in [3.63, 3.8) is 0 Å². The van der Waals surface area contributed by atoms with Crippen molar-refractivity contribution in [3.05, 3.63) is 29.3 Å². The summed E-state index contributed by atoms with van der Waals surface area (Å²) in [6.07, 6.45) is 0.937. The van der Waals surface area contributed by atoms with Crippen molar-refractivity contribution in [1.29, 1.82) is 0 Å². The maximum atomic E-state index is 5.51. The third-order valence-electron chi connectivity index (χ3n) is 2.53. The number of rotatable bonds is 6. The van der Waals surface area contributed by atoms with Crippen LogP contribution in [-0.2, 0) is 6.42 Å². The second-order valence-corrected chi connectivity index (χ2v) is 4.61. The van der Waals surface area contributed by atoms with E-state index in [-0.39, 0.29) is 0 Å². The van der Waals surface area contributed by atoms with Gasteiger partial charge in [0.1, 0.15) is 5.75 Å². The molecule has 1 heterocycles. The summed E-state index contributed by atoms with van der Waals surface area (Å²) in [4.78, 5) is 0. The summed E-state index contributed by atoms with van der Waals surface area (Å²) in [7, 11) is 0. The Balaban J connectivity index is 1.88. The average Bonchev–Trinajstić information content (AvgIpc) is 2.86. The van der Waals surface area contributed by atoms with Crippen molar-refractivity contribution in [2.45, 2.75) is 20.3 Å². The summed E-state index contributed by atoms with van der Waals surface area (Å²) in [6.45, 7) is 5.58. The minimum Gasteiger partial charge on any atom is -0.494 e. The highest BCUT2D eigenvalue weighted by Gasteiger charge is 2.01. The first-order valence-corrected chi connectivity index (χ1v) is 6.68. The molecule has 0 fully saturated rings. The van der Waals surface area contributed by atoms with Crippen LogP contribution in [0.3, 0.4) is 0 Å². The molecular weight excluding hydrogens is 248 g/mol. The molecule has 0 saturated carbocycles. The van der Waals surface area contributed by atoms with Crippen LogP contribution < -0.4 is 10.1 Å². The number of anilines is 1. The van der Waals surface area contributed by atoms with E-state index >= 15 is 0 Å². The molecule has 1 N–H and O–H groups in total. The highest BCUT2D eigenvalue weighted by atomic mass is 32.1. The lowest BCUT2D eigenvalue weighted by Crippen LogP contribution is -2.05. The molecule has 0 radical (unpaired) electrons. The maximum Gasteiger partial charge on any atom is 0.225 e. The number of nitrogens with zero attached hydrogens (tertiary/aromatic N) is 3. The molecule has 2 aromatic rings. The molecule has 0 aliphatic carbocycles. The molecule has 0 bridgehead atoms. The van der Waals surface area contributed by atoms with Crippen LogP contribution in [0.1, 0.15) is 18.1 Å². The topological polar surface area (TPSA) is 59.9 Å². The zero-order chi connectivity index (χ0) is 12.8. The summed E-state index contributed by atoms with van der Waals surface area (Å²) >= 11 is 1.27. The van der Waals surface area contributed by atoms with Crippen molar-refractivity contribution < 1.29 is 4.74 Å². The van der Waals surface area contributed by atoms with Crippen molar-refractivity contribution >= 4 is 16.7 Å². The molecule has 1 aromatic heterocycles. The smallest absolute Gasteiger partial charge is 0.225 e. The third-order valence-corrected chi connectivity index (χ3v) is 3.08. The molecular formula is C12H16N4OS. The highest BCUT2D eigenvalue weighted by Crippen LogP contribution is 2.19. The van der Waals surface area contributed by atoms with Gasteiger partial charge in [0.15, 0.2) is 0 Å². The van der Waals surface area contributed by atoms with Crippen LogP contribution in [0.25, 0.3) is 0 Å². The fourth-order valence-electron chi connectivity index (χ4n) is 1.70. The summed E-state index contributed by atoms with van der Waals surface area (Å²) in [5.41, 5.74) is 2.45. The number of hydrogen-bond donors (Lipinski definition) is 1. The van der Waals surface area contributed by atoms with E-state index in [1.165, 1.54) is 22.7 Å². The summed E-state index contributed by atoms with van der Waals surface area (Å²) < 4.78 is 9.21. The largest absolute Gasteiger partial charge is 0.494 e. The number of hydrogen-bond acceptors (Lipinski definition) is 6. The lowest BCUT2D eigenvalue weighted by atomic mass is 10.1. The maximum absolute atomic E-state index is 5.51. The predicted octanol–water partition coefficient (Wildman–Crippen LogP) is 2.29. The van der Waals surface area contributed by atoms with E-state index in [2.05, 4.69) is 39.2 Å². The molecule has 0 atom stereocenters. The molecule has 1 aromatic carbocycles. The van der Waals surface area contributed by atoms with Crippen LogP contribution in [0.4, 0.5) is 5.13 Å². The van der Waals surface area contributed by atoms with Gasteiger partial charge in [-0.05, 0) is 42.7 Å². The lowest BCUT2D eigenvalue weighted by molar-refractivity contribution is 0.338. The fraction of sp³-hybridized carbons (Fsp3) is 0.417. The monoisotopic (exact) mass is 264 g/mol. The Bertz CT molecular complexity index is 487. The minimum atomic E-state index is 0.700. The molecule has 6 heteroatoms. The van der Waals surface area contributed by atoms with Crippen LogP contribution in [0, 0.1) is 6.92 Å².